The van der Waals surface area contributed by atoms with Crippen LogP contribution >= 0.6 is 0 Å². The van der Waals surface area contributed by atoms with Crippen molar-refractivity contribution < 1.29 is 9.59 Å². The second kappa shape index (κ2) is 7.23. The van der Waals surface area contributed by atoms with Crippen LogP contribution in [0.2, 0.25) is 0 Å². The molecule has 4 rings (SSSR count). The summed E-state index contributed by atoms with van der Waals surface area (Å²) < 4.78 is 2.11. The Labute approximate surface area is 157 Å². The van der Waals surface area contributed by atoms with Crippen molar-refractivity contribution in [1.82, 2.24) is 14.9 Å². The number of aromatic nitrogens is 2. The molecule has 1 saturated heterocycles. The maximum absolute atomic E-state index is 12.5. The van der Waals surface area contributed by atoms with Crippen LogP contribution in [0.4, 0.5) is 5.69 Å². The smallest absolute Gasteiger partial charge is 0.251 e. The third kappa shape index (κ3) is 3.43. The summed E-state index contributed by atoms with van der Waals surface area (Å²) in [6, 6.07) is 15.2. The summed E-state index contributed by atoms with van der Waals surface area (Å²) in [5.74, 6) is 0.917. The van der Waals surface area contributed by atoms with E-state index in [0.717, 1.165) is 35.5 Å². The average Bonchev–Trinajstić information content (AvgIpc) is 3.25. The molecule has 2 heterocycles. The lowest BCUT2D eigenvalue weighted by Gasteiger charge is -2.16. The fourth-order valence-electron chi connectivity index (χ4n) is 3.60. The first-order chi connectivity index (χ1) is 13.1. The van der Waals surface area contributed by atoms with Crippen molar-refractivity contribution >= 4 is 28.5 Å². The van der Waals surface area contributed by atoms with E-state index in [0.29, 0.717) is 25.1 Å². The number of hydrogen-bond donors (Lipinski definition) is 1. The molecule has 27 heavy (non-hydrogen) atoms. The lowest BCUT2D eigenvalue weighted by Crippen LogP contribution is -2.28. The number of amides is 2. The van der Waals surface area contributed by atoms with Gasteiger partial charge in [-0.3, -0.25) is 9.59 Å². The Hall–Kier alpha value is -3.15. The molecule has 6 nitrogen and oxygen atoms in total. The highest BCUT2D eigenvalue weighted by atomic mass is 16.2. The van der Waals surface area contributed by atoms with Crippen LogP contribution in [0.1, 0.15) is 29.0 Å². The number of carbonyl (C=O) groups excluding carboxylic acids is 2. The molecule has 0 spiro atoms. The van der Waals surface area contributed by atoms with Gasteiger partial charge in [0.2, 0.25) is 5.91 Å². The van der Waals surface area contributed by atoms with Crippen LogP contribution in [-0.2, 0) is 11.3 Å². The number of anilines is 1. The molecule has 0 unspecified atom stereocenters. The van der Waals surface area contributed by atoms with Crippen molar-refractivity contribution in [3.63, 3.8) is 0 Å². The lowest BCUT2D eigenvalue weighted by atomic mass is 10.1. The van der Waals surface area contributed by atoms with E-state index < -0.39 is 0 Å². The molecular weight excluding hydrogens is 340 g/mol. The van der Waals surface area contributed by atoms with Crippen molar-refractivity contribution in [3.8, 4) is 0 Å². The van der Waals surface area contributed by atoms with Gasteiger partial charge in [-0.2, -0.15) is 0 Å². The first kappa shape index (κ1) is 17.3. The zero-order valence-corrected chi connectivity index (χ0v) is 15.3. The minimum Gasteiger partial charge on any atom is -0.350 e. The molecule has 1 aliphatic rings. The normalized spacial score (nSPS) is 14.1. The highest BCUT2D eigenvalue weighted by Gasteiger charge is 2.22. The standard InChI is InChI=1S/C21H22N4O2/c1-15-23-18-8-2-3-9-19(18)24(15)13-11-22-21(27)16-6-4-7-17(14-16)25-12-5-10-20(25)26/h2-4,6-9,14H,5,10-13H2,1H3,(H,22,27). The van der Waals surface area contributed by atoms with Crippen LogP contribution in [-0.4, -0.2) is 34.5 Å². The average molecular weight is 362 g/mol. The molecule has 1 aromatic heterocycles. The predicted octanol–water partition coefficient (Wildman–Crippen LogP) is 2.90. The van der Waals surface area contributed by atoms with Gasteiger partial charge in [-0.1, -0.05) is 18.2 Å². The fourth-order valence-corrected chi connectivity index (χ4v) is 3.60. The van der Waals surface area contributed by atoms with E-state index in [1.165, 1.54) is 0 Å². The second-order valence-corrected chi connectivity index (χ2v) is 6.75. The number of para-hydroxylation sites is 2. The molecule has 0 bridgehead atoms. The van der Waals surface area contributed by atoms with Crippen molar-refractivity contribution in [1.29, 1.82) is 0 Å². The number of benzene rings is 2. The highest BCUT2D eigenvalue weighted by Crippen LogP contribution is 2.22. The number of hydrogen-bond acceptors (Lipinski definition) is 3. The molecule has 0 aliphatic carbocycles. The van der Waals surface area contributed by atoms with E-state index in [1.807, 2.05) is 43.3 Å². The number of imidazole rings is 1. The summed E-state index contributed by atoms with van der Waals surface area (Å²) in [7, 11) is 0. The summed E-state index contributed by atoms with van der Waals surface area (Å²) in [6.07, 6.45) is 1.45. The van der Waals surface area contributed by atoms with E-state index in [-0.39, 0.29) is 11.8 Å². The van der Waals surface area contributed by atoms with E-state index >= 15 is 0 Å². The van der Waals surface area contributed by atoms with Crippen LogP contribution in [0.3, 0.4) is 0 Å². The monoisotopic (exact) mass is 362 g/mol. The number of fused-ring (bicyclic) bond motifs is 1. The zero-order valence-electron chi connectivity index (χ0n) is 15.3. The molecule has 1 fully saturated rings. The van der Waals surface area contributed by atoms with Gasteiger partial charge in [0.15, 0.2) is 0 Å². The Morgan fingerprint density at radius 1 is 1.19 bits per heavy atom. The largest absolute Gasteiger partial charge is 0.350 e. The molecular formula is C21H22N4O2. The van der Waals surface area contributed by atoms with Gasteiger partial charge in [-0.15, -0.1) is 0 Å². The Bertz CT molecular complexity index is 1010. The molecule has 2 amide bonds. The van der Waals surface area contributed by atoms with Crippen LogP contribution in [0.25, 0.3) is 11.0 Å². The molecule has 1 aliphatic heterocycles. The Morgan fingerprint density at radius 2 is 2.04 bits per heavy atom. The molecule has 3 aromatic rings. The maximum atomic E-state index is 12.5. The Balaban J connectivity index is 1.42. The van der Waals surface area contributed by atoms with Crippen molar-refractivity contribution in [2.24, 2.45) is 0 Å². The van der Waals surface area contributed by atoms with Crippen molar-refractivity contribution in [2.45, 2.75) is 26.3 Å². The number of aryl methyl sites for hydroxylation is 1. The molecule has 2 aromatic carbocycles. The summed E-state index contributed by atoms with van der Waals surface area (Å²) in [4.78, 5) is 30.7. The van der Waals surface area contributed by atoms with Crippen LogP contribution < -0.4 is 10.2 Å². The number of nitrogens with zero attached hydrogens (tertiary/aromatic N) is 3. The second-order valence-electron chi connectivity index (χ2n) is 6.75. The maximum Gasteiger partial charge on any atom is 0.251 e. The van der Waals surface area contributed by atoms with Gasteiger partial charge in [0, 0.05) is 37.3 Å². The fraction of sp³-hybridized carbons (Fsp3) is 0.286. The van der Waals surface area contributed by atoms with E-state index in [4.69, 9.17) is 0 Å². The van der Waals surface area contributed by atoms with Gasteiger partial charge in [-0.05, 0) is 43.7 Å². The van der Waals surface area contributed by atoms with Gasteiger partial charge >= 0.3 is 0 Å². The minimum absolute atomic E-state index is 0.120. The van der Waals surface area contributed by atoms with Crippen LogP contribution in [0.5, 0.6) is 0 Å². The van der Waals surface area contributed by atoms with Crippen LogP contribution in [0.15, 0.2) is 48.5 Å². The van der Waals surface area contributed by atoms with Crippen molar-refractivity contribution in [3.05, 3.63) is 59.9 Å². The topological polar surface area (TPSA) is 67.2 Å². The summed E-state index contributed by atoms with van der Waals surface area (Å²) in [6.45, 7) is 3.85. The summed E-state index contributed by atoms with van der Waals surface area (Å²) in [5, 5.41) is 2.97. The van der Waals surface area contributed by atoms with Gasteiger partial charge in [0.1, 0.15) is 5.82 Å². The van der Waals surface area contributed by atoms with Gasteiger partial charge < -0.3 is 14.8 Å². The zero-order chi connectivity index (χ0) is 18.8. The predicted molar refractivity (Wildman–Crippen MR) is 105 cm³/mol. The summed E-state index contributed by atoms with van der Waals surface area (Å²) in [5.41, 5.74) is 3.39. The SMILES string of the molecule is Cc1nc2ccccc2n1CCNC(=O)c1cccc(N2CCCC2=O)c1. The number of nitrogens with one attached hydrogen (secondary N) is 1. The van der Waals surface area contributed by atoms with E-state index in [9.17, 15) is 9.59 Å². The van der Waals surface area contributed by atoms with E-state index in [2.05, 4.69) is 14.9 Å². The highest BCUT2D eigenvalue weighted by molar-refractivity contribution is 5.99. The quantitative estimate of drug-likeness (QED) is 0.759. The van der Waals surface area contributed by atoms with Crippen molar-refractivity contribution in [2.75, 3.05) is 18.0 Å². The minimum atomic E-state index is -0.134. The van der Waals surface area contributed by atoms with E-state index in [1.54, 1.807) is 17.0 Å². The number of rotatable bonds is 5. The molecule has 0 radical (unpaired) electrons. The molecule has 0 saturated carbocycles. The summed E-state index contributed by atoms with van der Waals surface area (Å²) >= 11 is 0. The first-order valence-corrected chi connectivity index (χ1v) is 9.24. The molecule has 0 atom stereocenters. The third-order valence-corrected chi connectivity index (χ3v) is 4.96. The number of carbonyl (C=O) groups is 2. The lowest BCUT2D eigenvalue weighted by molar-refractivity contribution is -0.117. The van der Waals surface area contributed by atoms with Gasteiger partial charge in [0.25, 0.3) is 5.91 Å². The molecule has 1 N–H and O–H groups in total. The Morgan fingerprint density at radius 3 is 2.85 bits per heavy atom. The van der Waals surface area contributed by atoms with Gasteiger partial charge in [0.05, 0.1) is 11.0 Å². The van der Waals surface area contributed by atoms with Gasteiger partial charge in [-0.25, -0.2) is 4.98 Å². The Kier molecular flexibility index (Phi) is 4.62. The van der Waals surface area contributed by atoms with Crippen LogP contribution in [0, 0.1) is 6.92 Å². The first-order valence-electron chi connectivity index (χ1n) is 9.24. The molecule has 6 heteroatoms. The third-order valence-electron chi connectivity index (χ3n) is 4.96. The molecule has 138 valence electrons.